The van der Waals surface area contributed by atoms with Crippen LogP contribution in [0.4, 0.5) is 5.69 Å². The van der Waals surface area contributed by atoms with E-state index in [4.69, 9.17) is 18.9 Å². The van der Waals surface area contributed by atoms with E-state index in [0.717, 1.165) is 27.9 Å². The highest BCUT2D eigenvalue weighted by molar-refractivity contribution is 7.12. The maximum absolute atomic E-state index is 12.9. The van der Waals surface area contributed by atoms with Crippen LogP contribution in [0.2, 0.25) is 0 Å². The Kier molecular flexibility index (Phi) is 9.12. The highest BCUT2D eigenvalue weighted by Crippen LogP contribution is 2.37. The molecule has 0 fully saturated rings. The number of ether oxygens (including phenoxy) is 4. The number of aryl methyl sites for hydroxylation is 1. The van der Waals surface area contributed by atoms with E-state index in [-0.39, 0.29) is 18.4 Å². The molecule has 0 spiro atoms. The fourth-order valence-electron chi connectivity index (χ4n) is 4.49. The molecular weight excluding hydrogens is 502 g/mol. The number of anilines is 1. The number of rotatable bonds is 11. The molecule has 1 aliphatic rings. The lowest BCUT2D eigenvalue weighted by Gasteiger charge is -2.30. The maximum atomic E-state index is 12.9. The SMILES string of the molecule is COc1ccc(NC(=O)Cc2sc(C3COc4ccccc4O3)nc2C)cc1OCCN(C(C)C)C(C)C. The van der Waals surface area contributed by atoms with E-state index in [2.05, 4.69) is 42.9 Å². The summed E-state index contributed by atoms with van der Waals surface area (Å²) in [5.74, 6) is 2.54. The molecule has 0 saturated carbocycles. The van der Waals surface area contributed by atoms with Crippen LogP contribution in [0.5, 0.6) is 23.0 Å². The molecule has 0 bridgehead atoms. The van der Waals surface area contributed by atoms with Crippen molar-refractivity contribution in [1.29, 1.82) is 0 Å². The summed E-state index contributed by atoms with van der Waals surface area (Å²) >= 11 is 1.48. The highest BCUT2D eigenvalue weighted by Gasteiger charge is 2.26. The topological polar surface area (TPSA) is 82.2 Å². The number of hydrogen-bond donors (Lipinski definition) is 1. The molecule has 1 N–H and O–H groups in total. The molecule has 8 nitrogen and oxygen atoms in total. The van der Waals surface area contributed by atoms with E-state index in [9.17, 15) is 4.79 Å². The average Bonchev–Trinajstić information content (AvgIpc) is 3.25. The number of carbonyl (C=O) groups excluding carboxylic acids is 1. The van der Waals surface area contributed by atoms with Crippen LogP contribution in [0.15, 0.2) is 42.5 Å². The molecule has 0 saturated heterocycles. The average molecular weight is 540 g/mol. The summed E-state index contributed by atoms with van der Waals surface area (Å²) in [7, 11) is 1.61. The lowest BCUT2D eigenvalue weighted by Crippen LogP contribution is -2.39. The van der Waals surface area contributed by atoms with Gasteiger partial charge in [0.25, 0.3) is 0 Å². The quantitative estimate of drug-likeness (QED) is 0.337. The Morgan fingerprint density at radius 3 is 2.58 bits per heavy atom. The van der Waals surface area contributed by atoms with E-state index >= 15 is 0 Å². The number of amides is 1. The molecule has 0 aliphatic carbocycles. The Morgan fingerprint density at radius 2 is 1.87 bits per heavy atom. The minimum Gasteiger partial charge on any atom is -0.493 e. The molecule has 2 heterocycles. The van der Waals surface area contributed by atoms with Crippen molar-refractivity contribution >= 4 is 22.9 Å². The third-order valence-corrected chi connectivity index (χ3v) is 7.64. The lowest BCUT2D eigenvalue weighted by molar-refractivity contribution is -0.115. The summed E-state index contributed by atoms with van der Waals surface area (Å²) in [6.45, 7) is 12.3. The van der Waals surface area contributed by atoms with Gasteiger partial charge in [-0.25, -0.2) is 4.98 Å². The van der Waals surface area contributed by atoms with Crippen LogP contribution in [0.25, 0.3) is 0 Å². The number of methoxy groups -OCH3 is 1. The molecule has 9 heteroatoms. The smallest absolute Gasteiger partial charge is 0.229 e. The van der Waals surface area contributed by atoms with E-state index in [1.54, 1.807) is 13.2 Å². The summed E-state index contributed by atoms with van der Waals surface area (Å²) < 4.78 is 23.5. The van der Waals surface area contributed by atoms with Gasteiger partial charge in [0.15, 0.2) is 29.1 Å². The van der Waals surface area contributed by atoms with Gasteiger partial charge in [-0.15, -0.1) is 11.3 Å². The van der Waals surface area contributed by atoms with Crippen molar-refractivity contribution in [3.63, 3.8) is 0 Å². The van der Waals surface area contributed by atoms with Gasteiger partial charge in [-0.2, -0.15) is 0 Å². The summed E-state index contributed by atoms with van der Waals surface area (Å²) in [6, 6.07) is 13.9. The second kappa shape index (κ2) is 12.5. The van der Waals surface area contributed by atoms with Gasteiger partial charge in [0, 0.05) is 35.3 Å². The van der Waals surface area contributed by atoms with Crippen molar-refractivity contribution in [2.24, 2.45) is 0 Å². The Morgan fingerprint density at radius 1 is 1.13 bits per heavy atom. The van der Waals surface area contributed by atoms with Gasteiger partial charge in [-0.1, -0.05) is 12.1 Å². The number of carbonyl (C=O) groups is 1. The molecule has 1 aliphatic heterocycles. The second-order valence-electron chi connectivity index (χ2n) is 9.79. The number of nitrogens with one attached hydrogen (secondary N) is 1. The zero-order chi connectivity index (χ0) is 27.2. The van der Waals surface area contributed by atoms with Crippen LogP contribution in [-0.2, 0) is 11.2 Å². The van der Waals surface area contributed by atoms with Crippen LogP contribution < -0.4 is 24.3 Å². The molecule has 3 aromatic rings. The van der Waals surface area contributed by atoms with Gasteiger partial charge in [-0.05, 0) is 58.9 Å². The first-order valence-electron chi connectivity index (χ1n) is 13.0. The summed E-state index contributed by atoms with van der Waals surface area (Å²) in [5.41, 5.74) is 1.47. The Balaban J connectivity index is 1.37. The molecule has 38 heavy (non-hydrogen) atoms. The molecule has 0 radical (unpaired) electrons. The van der Waals surface area contributed by atoms with E-state index in [1.807, 2.05) is 43.3 Å². The predicted octanol–water partition coefficient (Wildman–Crippen LogP) is 5.65. The largest absolute Gasteiger partial charge is 0.493 e. The van der Waals surface area contributed by atoms with Gasteiger partial charge in [0.1, 0.15) is 18.2 Å². The Labute approximate surface area is 228 Å². The molecule has 204 valence electrons. The Hall–Kier alpha value is -3.30. The van der Waals surface area contributed by atoms with Crippen LogP contribution in [-0.4, -0.2) is 54.7 Å². The lowest BCUT2D eigenvalue weighted by atomic mass is 10.2. The van der Waals surface area contributed by atoms with E-state index in [0.29, 0.717) is 48.2 Å². The first-order valence-corrected chi connectivity index (χ1v) is 13.8. The van der Waals surface area contributed by atoms with Crippen LogP contribution in [0, 0.1) is 6.92 Å². The maximum Gasteiger partial charge on any atom is 0.229 e. The number of thiazole rings is 1. The second-order valence-corrected chi connectivity index (χ2v) is 10.9. The summed E-state index contributed by atoms with van der Waals surface area (Å²) in [6.07, 6.45) is -0.0813. The number of aromatic nitrogens is 1. The molecule has 4 rings (SSSR count). The minimum absolute atomic E-state index is 0.128. The van der Waals surface area contributed by atoms with Crippen molar-refractivity contribution in [3.05, 3.63) is 58.0 Å². The third kappa shape index (κ3) is 6.76. The van der Waals surface area contributed by atoms with Gasteiger partial charge >= 0.3 is 0 Å². The van der Waals surface area contributed by atoms with Gasteiger partial charge < -0.3 is 24.3 Å². The Bertz CT molecular complexity index is 1230. The first-order chi connectivity index (χ1) is 18.2. The molecule has 2 aromatic carbocycles. The van der Waals surface area contributed by atoms with Crippen LogP contribution in [0.1, 0.15) is 49.4 Å². The monoisotopic (exact) mass is 539 g/mol. The molecular formula is C29H37N3O5S. The van der Waals surface area contributed by atoms with Crippen molar-refractivity contribution in [3.8, 4) is 23.0 Å². The number of para-hydroxylation sites is 2. The number of benzene rings is 2. The standard InChI is InChI=1S/C29H37N3O5S/c1-18(2)32(19(3)4)13-14-35-25-15-21(11-12-22(25)34-6)31-28(33)16-27-20(5)30-29(38-27)26-17-36-23-9-7-8-10-24(23)37-26/h7-12,15,18-19,26H,13-14,16-17H2,1-6H3,(H,31,33). The minimum atomic E-state index is -0.297. The summed E-state index contributed by atoms with van der Waals surface area (Å²) in [4.78, 5) is 20.9. The third-order valence-electron chi connectivity index (χ3n) is 6.40. The van der Waals surface area contributed by atoms with Gasteiger partial charge in [0.2, 0.25) is 5.91 Å². The fourth-order valence-corrected chi connectivity index (χ4v) is 5.56. The van der Waals surface area contributed by atoms with Gasteiger partial charge in [0.05, 0.1) is 19.2 Å². The van der Waals surface area contributed by atoms with Crippen molar-refractivity contribution in [1.82, 2.24) is 9.88 Å². The molecule has 1 unspecified atom stereocenters. The highest BCUT2D eigenvalue weighted by atomic mass is 32.1. The van der Waals surface area contributed by atoms with Crippen molar-refractivity contribution in [2.75, 3.05) is 32.2 Å². The van der Waals surface area contributed by atoms with Crippen molar-refractivity contribution in [2.45, 2.75) is 59.2 Å². The number of nitrogens with zero attached hydrogens (tertiary/aromatic N) is 2. The molecule has 1 aromatic heterocycles. The van der Waals surface area contributed by atoms with E-state index < -0.39 is 0 Å². The zero-order valence-electron chi connectivity index (χ0n) is 22.9. The van der Waals surface area contributed by atoms with Gasteiger partial charge in [-0.3, -0.25) is 9.69 Å². The normalized spacial score (nSPS) is 14.7. The first kappa shape index (κ1) is 27.7. The van der Waals surface area contributed by atoms with Crippen LogP contribution >= 0.6 is 11.3 Å². The van der Waals surface area contributed by atoms with Crippen molar-refractivity contribution < 1.29 is 23.7 Å². The van der Waals surface area contributed by atoms with E-state index in [1.165, 1.54) is 11.3 Å². The number of hydrogen-bond acceptors (Lipinski definition) is 8. The molecule has 1 atom stereocenters. The number of fused-ring (bicyclic) bond motifs is 1. The molecule has 1 amide bonds. The fraction of sp³-hybridized carbons (Fsp3) is 0.448. The predicted molar refractivity (Wildman–Crippen MR) is 150 cm³/mol. The van der Waals surface area contributed by atoms with Crippen LogP contribution in [0.3, 0.4) is 0 Å². The summed E-state index contributed by atoms with van der Waals surface area (Å²) in [5, 5.41) is 3.79. The zero-order valence-corrected chi connectivity index (χ0v) is 23.8.